The van der Waals surface area contributed by atoms with Crippen molar-refractivity contribution in [1.82, 2.24) is 15.7 Å². The van der Waals surface area contributed by atoms with Crippen molar-refractivity contribution in [1.29, 1.82) is 0 Å². The minimum Gasteiger partial charge on any atom is -0.376 e. The molecule has 2 rings (SSSR count). The molecular formula is C12H16ClN5O3. The largest absolute Gasteiger partial charge is 0.376 e. The highest BCUT2D eigenvalue weighted by Gasteiger charge is 2.16. The number of pyridine rings is 1. The van der Waals surface area contributed by atoms with Crippen LogP contribution in [0.25, 0.3) is 0 Å². The number of hydrogen-bond acceptors (Lipinski definition) is 7. The Bertz CT molecular complexity index is 502. The van der Waals surface area contributed by atoms with Gasteiger partial charge in [-0.15, -0.1) is 0 Å². The van der Waals surface area contributed by atoms with Crippen LogP contribution in [0.15, 0.2) is 30.4 Å². The van der Waals surface area contributed by atoms with Gasteiger partial charge in [0.15, 0.2) is 5.82 Å². The van der Waals surface area contributed by atoms with E-state index in [0.717, 1.165) is 25.6 Å². The minimum absolute atomic E-state index is 0.0793. The topological polar surface area (TPSA) is 101 Å². The van der Waals surface area contributed by atoms with Gasteiger partial charge in [0.05, 0.1) is 16.0 Å². The van der Waals surface area contributed by atoms with Crippen LogP contribution in [0.4, 0.5) is 5.82 Å². The molecule has 0 aromatic carbocycles. The second kappa shape index (κ2) is 7.65. The Balaban J connectivity index is 1.86. The molecule has 8 nitrogen and oxygen atoms in total. The summed E-state index contributed by atoms with van der Waals surface area (Å²) in [4.78, 5) is 14.1. The van der Waals surface area contributed by atoms with Crippen molar-refractivity contribution in [3.63, 3.8) is 0 Å². The third-order valence-electron chi connectivity index (χ3n) is 2.83. The normalized spacial score (nSPS) is 18.3. The van der Waals surface area contributed by atoms with Crippen molar-refractivity contribution in [3.05, 3.63) is 45.5 Å². The van der Waals surface area contributed by atoms with E-state index in [4.69, 9.17) is 16.3 Å². The van der Waals surface area contributed by atoms with E-state index in [9.17, 15) is 10.1 Å². The number of hydrogen-bond donors (Lipinski definition) is 3. The summed E-state index contributed by atoms with van der Waals surface area (Å²) in [7, 11) is 0. The second-order valence-corrected chi connectivity index (χ2v) is 4.89. The molecule has 9 heteroatoms. The second-order valence-electron chi connectivity index (χ2n) is 4.46. The molecule has 0 unspecified atom stereocenters. The van der Waals surface area contributed by atoms with E-state index in [1.807, 2.05) is 0 Å². The van der Waals surface area contributed by atoms with E-state index in [0.29, 0.717) is 17.4 Å². The van der Waals surface area contributed by atoms with Crippen LogP contribution < -0.4 is 16.2 Å². The molecule has 1 aromatic rings. The van der Waals surface area contributed by atoms with Gasteiger partial charge in [0, 0.05) is 19.3 Å². The molecule has 21 heavy (non-hydrogen) atoms. The summed E-state index contributed by atoms with van der Waals surface area (Å²) in [6, 6.07) is 3.31. The van der Waals surface area contributed by atoms with E-state index in [2.05, 4.69) is 21.2 Å². The molecule has 1 aromatic heterocycles. The van der Waals surface area contributed by atoms with Crippen molar-refractivity contribution in [2.24, 2.45) is 0 Å². The molecule has 0 saturated carbocycles. The standard InChI is InChI=1S/C12H16ClN5O3/c13-9-3-4-11(14-6-9)16-17-12(8-18(19)20)15-7-10-2-1-5-21-10/h3-4,6,8,10,15,17H,1-2,5,7H2,(H,14,16)/b12-8-/t10-/m0/s1. The van der Waals surface area contributed by atoms with Gasteiger partial charge in [0.1, 0.15) is 5.82 Å². The summed E-state index contributed by atoms with van der Waals surface area (Å²) in [5.41, 5.74) is 5.46. The lowest BCUT2D eigenvalue weighted by molar-refractivity contribution is -0.404. The van der Waals surface area contributed by atoms with Gasteiger partial charge in [0.25, 0.3) is 6.20 Å². The average molecular weight is 314 g/mol. The number of ether oxygens (including phenoxy) is 1. The van der Waals surface area contributed by atoms with E-state index in [1.165, 1.54) is 6.20 Å². The maximum Gasteiger partial charge on any atom is 0.275 e. The van der Waals surface area contributed by atoms with Gasteiger partial charge >= 0.3 is 0 Å². The fraction of sp³-hybridized carbons (Fsp3) is 0.417. The van der Waals surface area contributed by atoms with E-state index in [-0.39, 0.29) is 11.9 Å². The van der Waals surface area contributed by atoms with Crippen LogP contribution in [0, 0.1) is 10.1 Å². The molecular weight excluding hydrogens is 298 g/mol. The van der Waals surface area contributed by atoms with Gasteiger partial charge in [-0.3, -0.25) is 21.0 Å². The molecule has 3 N–H and O–H groups in total. The summed E-state index contributed by atoms with van der Waals surface area (Å²) < 4.78 is 5.45. The SMILES string of the molecule is O=[N+]([O-])/C=C(/NC[C@@H]1CCCO1)NNc1ccc(Cl)cn1. The molecule has 1 saturated heterocycles. The zero-order valence-corrected chi connectivity index (χ0v) is 12.0. The first-order valence-corrected chi connectivity index (χ1v) is 6.85. The number of nitrogens with one attached hydrogen (secondary N) is 3. The highest BCUT2D eigenvalue weighted by molar-refractivity contribution is 6.30. The fourth-order valence-corrected chi connectivity index (χ4v) is 1.95. The van der Waals surface area contributed by atoms with Crippen molar-refractivity contribution < 1.29 is 9.66 Å². The third kappa shape index (κ3) is 5.44. The zero-order chi connectivity index (χ0) is 15.1. The summed E-state index contributed by atoms with van der Waals surface area (Å²) >= 11 is 5.73. The smallest absolute Gasteiger partial charge is 0.275 e. The van der Waals surface area contributed by atoms with Crippen molar-refractivity contribution in [2.45, 2.75) is 18.9 Å². The van der Waals surface area contributed by atoms with E-state index in [1.54, 1.807) is 12.1 Å². The molecule has 1 aliphatic heterocycles. The first-order valence-electron chi connectivity index (χ1n) is 6.48. The van der Waals surface area contributed by atoms with Crippen molar-refractivity contribution in [3.8, 4) is 0 Å². The van der Waals surface area contributed by atoms with Gasteiger partial charge in [-0.2, -0.15) is 0 Å². The molecule has 1 aliphatic rings. The Kier molecular flexibility index (Phi) is 5.59. The zero-order valence-electron chi connectivity index (χ0n) is 11.2. The Morgan fingerprint density at radius 1 is 1.62 bits per heavy atom. The molecule has 2 heterocycles. The Morgan fingerprint density at radius 3 is 3.10 bits per heavy atom. The molecule has 0 amide bonds. The van der Waals surface area contributed by atoms with Crippen LogP contribution in [0.5, 0.6) is 0 Å². The van der Waals surface area contributed by atoms with Gasteiger partial charge in [-0.25, -0.2) is 4.98 Å². The molecule has 114 valence electrons. The van der Waals surface area contributed by atoms with Crippen LogP contribution in [0.3, 0.4) is 0 Å². The lowest BCUT2D eigenvalue weighted by Gasteiger charge is -2.15. The number of nitrogens with zero attached hydrogens (tertiary/aromatic N) is 2. The maximum absolute atomic E-state index is 10.6. The molecule has 0 bridgehead atoms. The first-order chi connectivity index (χ1) is 10.1. The van der Waals surface area contributed by atoms with E-state index < -0.39 is 4.92 Å². The number of aromatic nitrogens is 1. The number of hydrazine groups is 1. The summed E-state index contributed by atoms with van der Waals surface area (Å²) in [5.74, 6) is 0.722. The number of halogens is 1. The van der Waals surface area contributed by atoms with Crippen LogP contribution >= 0.6 is 11.6 Å². The van der Waals surface area contributed by atoms with Crippen LogP contribution in [0.1, 0.15) is 12.8 Å². The van der Waals surface area contributed by atoms with Gasteiger partial charge in [0.2, 0.25) is 0 Å². The summed E-state index contributed by atoms with van der Waals surface area (Å²) in [6.07, 6.45) is 4.36. The number of nitro groups is 1. The lowest BCUT2D eigenvalue weighted by Crippen LogP contribution is -2.35. The van der Waals surface area contributed by atoms with Gasteiger partial charge in [-0.05, 0) is 25.0 Å². The molecule has 0 aliphatic carbocycles. The quantitative estimate of drug-likeness (QED) is 0.518. The minimum atomic E-state index is -0.540. The predicted octanol–water partition coefficient (Wildman–Crippen LogP) is 1.50. The highest BCUT2D eigenvalue weighted by atomic mass is 35.5. The van der Waals surface area contributed by atoms with Crippen molar-refractivity contribution in [2.75, 3.05) is 18.6 Å². The van der Waals surface area contributed by atoms with E-state index >= 15 is 0 Å². The fourth-order valence-electron chi connectivity index (χ4n) is 1.84. The third-order valence-corrected chi connectivity index (χ3v) is 3.05. The monoisotopic (exact) mass is 313 g/mol. The Hall–Kier alpha value is -2.06. The van der Waals surface area contributed by atoms with Gasteiger partial charge < -0.3 is 10.1 Å². The predicted molar refractivity (Wildman–Crippen MR) is 78.1 cm³/mol. The molecule has 0 spiro atoms. The Morgan fingerprint density at radius 2 is 2.48 bits per heavy atom. The molecule has 1 atom stereocenters. The number of anilines is 1. The highest BCUT2D eigenvalue weighted by Crippen LogP contribution is 2.11. The number of rotatable bonds is 7. The van der Waals surface area contributed by atoms with Crippen LogP contribution in [-0.2, 0) is 4.74 Å². The van der Waals surface area contributed by atoms with Crippen LogP contribution in [0.2, 0.25) is 5.02 Å². The summed E-state index contributed by atoms with van der Waals surface area (Å²) in [6.45, 7) is 1.24. The van der Waals surface area contributed by atoms with Crippen molar-refractivity contribution >= 4 is 17.4 Å². The Labute approximate surface area is 126 Å². The first kappa shape index (κ1) is 15.3. The van der Waals surface area contributed by atoms with Crippen LogP contribution in [-0.4, -0.2) is 29.2 Å². The summed E-state index contributed by atoms with van der Waals surface area (Å²) in [5, 5.41) is 14.1. The average Bonchev–Trinajstić information content (AvgIpc) is 2.96. The lowest BCUT2D eigenvalue weighted by atomic mass is 10.2. The molecule has 1 fully saturated rings. The maximum atomic E-state index is 10.6. The van der Waals surface area contributed by atoms with Gasteiger partial charge in [-0.1, -0.05) is 11.6 Å². The molecule has 0 radical (unpaired) electrons.